The lowest BCUT2D eigenvalue weighted by molar-refractivity contribution is -0.122. The predicted molar refractivity (Wildman–Crippen MR) is 149 cm³/mol. The number of aryl methyl sites for hydroxylation is 1. The Balaban J connectivity index is 1.67. The van der Waals surface area contributed by atoms with Gasteiger partial charge in [0.05, 0.1) is 15.9 Å². The summed E-state index contributed by atoms with van der Waals surface area (Å²) in [5.74, 6) is -0.948. The molecule has 0 saturated carbocycles. The van der Waals surface area contributed by atoms with Crippen LogP contribution in [0, 0.1) is 16.3 Å². The Morgan fingerprint density at radius 3 is 2.46 bits per heavy atom. The summed E-state index contributed by atoms with van der Waals surface area (Å²) < 4.78 is 26.4. The smallest absolute Gasteiger partial charge is 0.335 e. The van der Waals surface area contributed by atoms with Crippen LogP contribution in [0.4, 0.5) is 14.9 Å². The number of ether oxygens (including phenoxy) is 2. The molecule has 0 bridgehead atoms. The van der Waals surface area contributed by atoms with Crippen molar-refractivity contribution in [2.45, 2.75) is 20.5 Å². The first-order valence-electron chi connectivity index (χ1n) is 11.2. The van der Waals surface area contributed by atoms with Gasteiger partial charge in [0.15, 0.2) is 11.5 Å². The molecular formula is C27H21BrFIN2O5. The fourth-order valence-electron chi connectivity index (χ4n) is 3.72. The van der Waals surface area contributed by atoms with Gasteiger partial charge in [-0.15, -0.1) is 0 Å². The molecule has 3 aromatic rings. The van der Waals surface area contributed by atoms with Crippen LogP contribution >= 0.6 is 38.5 Å². The maximum absolute atomic E-state index is 13.3. The predicted octanol–water partition coefficient (Wildman–Crippen LogP) is 6.15. The number of nitrogens with zero attached hydrogens (tertiary/aromatic N) is 1. The van der Waals surface area contributed by atoms with E-state index in [-0.39, 0.29) is 18.0 Å². The van der Waals surface area contributed by atoms with Gasteiger partial charge in [0.25, 0.3) is 11.8 Å². The van der Waals surface area contributed by atoms with Gasteiger partial charge in [-0.25, -0.2) is 14.1 Å². The number of hydrogen-bond acceptors (Lipinski definition) is 5. The van der Waals surface area contributed by atoms with Crippen molar-refractivity contribution in [2.75, 3.05) is 11.5 Å². The van der Waals surface area contributed by atoms with Gasteiger partial charge in [0, 0.05) is 4.47 Å². The van der Waals surface area contributed by atoms with Crippen LogP contribution in [0.2, 0.25) is 0 Å². The molecule has 1 aliphatic heterocycles. The molecule has 190 valence electrons. The molecule has 0 atom stereocenters. The monoisotopic (exact) mass is 678 g/mol. The van der Waals surface area contributed by atoms with Gasteiger partial charge in [-0.1, -0.05) is 28.1 Å². The maximum Gasteiger partial charge on any atom is 0.335 e. The summed E-state index contributed by atoms with van der Waals surface area (Å²) in [5.41, 5.74) is 2.16. The second-order valence-electron chi connectivity index (χ2n) is 8.07. The minimum atomic E-state index is -0.813. The molecular weight excluding hydrogens is 658 g/mol. The van der Waals surface area contributed by atoms with Crippen LogP contribution in [0.1, 0.15) is 23.6 Å². The van der Waals surface area contributed by atoms with Crippen LogP contribution in [-0.4, -0.2) is 24.5 Å². The average molecular weight is 679 g/mol. The summed E-state index contributed by atoms with van der Waals surface area (Å²) in [6, 6.07) is 13.7. The number of carbonyl (C=O) groups excluding carboxylic acids is 3. The van der Waals surface area contributed by atoms with Gasteiger partial charge in [-0.2, -0.15) is 0 Å². The zero-order chi connectivity index (χ0) is 26.7. The van der Waals surface area contributed by atoms with Gasteiger partial charge in [0.2, 0.25) is 0 Å². The zero-order valence-electron chi connectivity index (χ0n) is 19.8. The van der Waals surface area contributed by atoms with Crippen LogP contribution in [0.5, 0.6) is 11.5 Å². The van der Waals surface area contributed by atoms with Crippen molar-refractivity contribution < 1.29 is 28.2 Å². The van der Waals surface area contributed by atoms with Crippen LogP contribution < -0.4 is 19.7 Å². The number of nitrogens with one attached hydrogen (secondary N) is 1. The van der Waals surface area contributed by atoms with E-state index < -0.39 is 17.8 Å². The molecule has 37 heavy (non-hydrogen) atoms. The van der Waals surface area contributed by atoms with Crippen molar-refractivity contribution in [3.8, 4) is 11.5 Å². The normalized spacial score (nSPS) is 14.7. The lowest BCUT2D eigenvalue weighted by Gasteiger charge is -2.27. The number of anilines is 1. The molecule has 0 unspecified atom stereocenters. The number of urea groups is 1. The van der Waals surface area contributed by atoms with E-state index in [1.165, 1.54) is 18.2 Å². The van der Waals surface area contributed by atoms with E-state index in [1.807, 2.05) is 6.92 Å². The fourth-order valence-corrected chi connectivity index (χ4v) is 4.98. The third-order valence-corrected chi connectivity index (χ3v) is 6.74. The topological polar surface area (TPSA) is 84.9 Å². The molecule has 3 aromatic carbocycles. The van der Waals surface area contributed by atoms with E-state index in [0.29, 0.717) is 38.5 Å². The summed E-state index contributed by atoms with van der Waals surface area (Å²) in [6.07, 6.45) is 1.42. The minimum absolute atomic E-state index is 0.194. The number of barbiturate groups is 1. The van der Waals surface area contributed by atoms with E-state index in [4.69, 9.17) is 9.47 Å². The van der Waals surface area contributed by atoms with Gasteiger partial charge < -0.3 is 9.47 Å². The summed E-state index contributed by atoms with van der Waals surface area (Å²) >= 11 is 5.45. The molecule has 0 spiro atoms. The van der Waals surface area contributed by atoms with Crippen molar-refractivity contribution in [1.29, 1.82) is 0 Å². The molecule has 1 heterocycles. The molecule has 0 aromatic heterocycles. The molecule has 4 amide bonds. The van der Waals surface area contributed by atoms with Crippen molar-refractivity contribution >= 4 is 68.1 Å². The Bertz CT molecular complexity index is 1430. The number of rotatable bonds is 7. The molecule has 7 nitrogen and oxygen atoms in total. The Kier molecular flexibility index (Phi) is 8.28. The fraction of sp³-hybridized carbons (Fsp3) is 0.148. The minimum Gasteiger partial charge on any atom is -0.490 e. The first-order chi connectivity index (χ1) is 17.7. The highest BCUT2D eigenvalue weighted by molar-refractivity contribution is 14.1. The lowest BCUT2D eigenvalue weighted by Crippen LogP contribution is -2.54. The highest BCUT2D eigenvalue weighted by Crippen LogP contribution is 2.36. The van der Waals surface area contributed by atoms with E-state index in [0.717, 1.165) is 14.9 Å². The zero-order valence-corrected chi connectivity index (χ0v) is 23.6. The van der Waals surface area contributed by atoms with E-state index in [2.05, 4.69) is 43.8 Å². The van der Waals surface area contributed by atoms with E-state index in [9.17, 15) is 18.8 Å². The first kappa shape index (κ1) is 26.8. The standard InChI is InChI=1S/C27H21BrFIN2O5/c1-3-36-23-13-17(12-21(30)24(23)37-14-16-4-7-19(29)8-5-16)11-20-25(33)31-27(35)32(26(20)34)22-9-6-18(28)10-15(22)2/h4-13H,3,14H2,1-2H3,(H,31,33,35)/b20-11-. The number of amides is 4. The van der Waals surface area contributed by atoms with E-state index >= 15 is 0 Å². The molecule has 1 fully saturated rings. The van der Waals surface area contributed by atoms with Crippen molar-refractivity contribution in [1.82, 2.24) is 5.32 Å². The number of hydrogen-bond donors (Lipinski definition) is 1. The second-order valence-corrected chi connectivity index (χ2v) is 10.1. The third-order valence-electron chi connectivity index (χ3n) is 5.44. The highest BCUT2D eigenvalue weighted by atomic mass is 127. The van der Waals surface area contributed by atoms with Crippen molar-refractivity contribution in [3.05, 3.63) is 90.7 Å². The van der Waals surface area contributed by atoms with Crippen LogP contribution in [0.25, 0.3) is 6.08 Å². The van der Waals surface area contributed by atoms with Crippen molar-refractivity contribution in [2.24, 2.45) is 0 Å². The van der Waals surface area contributed by atoms with Crippen LogP contribution in [0.3, 0.4) is 0 Å². The van der Waals surface area contributed by atoms with Crippen LogP contribution in [-0.2, 0) is 16.2 Å². The van der Waals surface area contributed by atoms with Gasteiger partial charge in [-0.05, 0) is 102 Å². The number of benzene rings is 3. The summed E-state index contributed by atoms with van der Waals surface area (Å²) in [7, 11) is 0. The molecule has 1 N–H and O–H groups in total. The number of imide groups is 2. The highest BCUT2D eigenvalue weighted by Gasteiger charge is 2.37. The van der Waals surface area contributed by atoms with Crippen LogP contribution in [0.15, 0.2) is 64.6 Å². The average Bonchev–Trinajstić information content (AvgIpc) is 2.84. The SMILES string of the molecule is CCOc1cc(/C=C2/C(=O)NC(=O)N(c3ccc(Br)cc3C)C2=O)cc(I)c1OCc1ccc(F)cc1. The Morgan fingerprint density at radius 2 is 1.78 bits per heavy atom. The molecule has 1 aliphatic rings. The summed E-state index contributed by atoms with van der Waals surface area (Å²) in [4.78, 5) is 39.5. The Labute approximate surface area is 234 Å². The molecule has 0 aliphatic carbocycles. The van der Waals surface area contributed by atoms with Crippen molar-refractivity contribution in [3.63, 3.8) is 0 Å². The Hall–Kier alpha value is -3.25. The first-order valence-corrected chi connectivity index (χ1v) is 13.1. The molecule has 1 saturated heterocycles. The lowest BCUT2D eigenvalue weighted by atomic mass is 10.1. The molecule has 0 radical (unpaired) electrons. The van der Waals surface area contributed by atoms with E-state index in [1.54, 1.807) is 49.4 Å². The van der Waals surface area contributed by atoms with Gasteiger partial charge in [0.1, 0.15) is 18.0 Å². The Morgan fingerprint density at radius 1 is 1.05 bits per heavy atom. The van der Waals surface area contributed by atoms with Gasteiger partial charge >= 0.3 is 6.03 Å². The third kappa shape index (κ3) is 6.02. The summed E-state index contributed by atoms with van der Waals surface area (Å²) in [6.45, 7) is 4.14. The molecule has 10 heteroatoms. The largest absolute Gasteiger partial charge is 0.490 e. The number of halogens is 3. The maximum atomic E-state index is 13.3. The van der Waals surface area contributed by atoms with Gasteiger partial charge in [-0.3, -0.25) is 14.9 Å². The quantitative estimate of drug-likeness (QED) is 0.184. The molecule has 4 rings (SSSR count). The summed E-state index contributed by atoms with van der Waals surface area (Å²) in [5, 5.41) is 2.24. The second kappa shape index (κ2) is 11.4. The number of carbonyl (C=O) groups is 3.